The number of nitrogens with one attached hydrogen (secondary N) is 1. The van der Waals surface area contributed by atoms with E-state index in [1.165, 1.54) is 18.2 Å². The Morgan fingerprint density at radius 1 is 1.57 bits per heavy atom. The van der Waals surface area contributed by atoms with Crippen LogP contribution in [0.2, 0.25) is 0 Å². The number of hydrogen-bond acceptors (Lipinski definition) is 3. The van der Waals surface area contributed by atoms with Crippen molar-refractivity contribution in [2.75, 3.05) is 11.9 Å². The van der Waals surface area contributed by atoms with E-state index in [1.54, 1.807) is 0 Å². The van der Waals surface area contributed by atoms with Crippen molar-refractivity contribution < 1.29 is 14.3 Å². The largest absolute Gasteiger partial charge is 0.396 e. The van der Waals surface area contributed by atoms with Gasteiger partial charge in [0, 0.05) is 13.0 Å². The van der Waals surface area contributed by atoms with E-state index >= 15 is 0 Å². The molecule has 0 unspecified atom stereocenters. The molecule has 0 radical (unpaired) electrons. The number of aromatic nitrogens is 1. The second-order valence-electron chi connectivity index (χ2n) is 2.72. The van der Waals surface area contributed by atoms with Crippen molar-refractivity contribution in [3.63, 3.8) is 0 Å². The van der Waals surface area contributed by atoms with Gasteiger partial charge in [0.1, 0.15) is 5.82 Å². The van der Waals surface area contributed by atoms with Crippen molar-refractivity contribution in [1.29, 1.82) is 0 Å². The van der Waals surface area contributed by atoms with Crippen LogP contribution in [-0.4, -0.2) is 22.6 Å². The lowest BCUT2D eigenvalue weighted by Gasteiger charge is -2.02. The van der Waals surface area contributed by atoms with E-state index in [0.29, 0.717) is 6.42 Å². The quantitative estimate of drug-likeness (QED) is 0.707. The average molecular weight is 198 g/mol. The van der Waals surface area contributed by atoms with Crippen LogP contribution < -0.4 is 5.32 Å². The summed E-state index contributed by atoms with van der Waals surface area (Å²) in [6, 6.07) is 4.16. The van der Waals surface area contributed by atoms with E-state index in [4.69, 9.17) is 5.11 Å². The third-order valence-electron chi connectivity index (χ3n) is 1.54. The Morgan fingerprint density at radius 2 is 2.36 bits per heavy atom. The van der Waals surface area contributed by atoms with E-state index in [2.05, 4.69) is 10.3 Å². The van der Waals surface area contributed by atoms with Gasteiger partial charge < -0.3 is 10.4 Å². The van der Waals surface area contributed by atoms with Crippen LogP contribution >= 0.6 is 0 Å². The fourth-order valence-corrected chi connectivity index (χ4v) is 0.923. The minimum atomic E-state index is -0.634. The van der Waals surface area contributed by atoms with Gasteiger partial charge in [-0.15, -0.1) is 0 Å². The Labute approximate surface area is 80.8 Å². The van der Waals surface area contributed by atoms with Gasteiger partial charge in [0.25, 0.3) is 0 Å². The van der Waals surface area contributed by atoms with Crippen LogP contribution in [0.25, 0.3) is 0 Å². The minimum Gasteiger partial charge on any atom is -0.396 e. The highest BCUT2D eigenvalue weighted by molar-refractivity contribution is 5.89. The summed E-state index contributed by atoms with van der Waals surface area (Å²) in [7, 11) is 0. The number of rotatable bonds is 4. The lowest BCUT2D eigenvalue weighted by Crippen LogP contribution is -2.13. The fourth-order valence-electron chi connectivity index (χ4n) is 0.923. The monoisotopic (exact) mass is 198 g/mol. The first kappa shape index (κ1) is 10.6. The number of aliphatic hydroxyl groups excluding tert-OH is 1. The number of anilines is 1. The zero-order valence-corrected chi connectivity index (χ0v) is 7.53. The molecule has 0 bridgehead atoms. The van der Waals surface area contributed by atoms with E-state index in [1.807, 2.05) is 0 Å². The van der Waals surface area contributed by atoms with Gasteiger partial charge in [-0.1, -0.05) is 6.07 Å². The smallest absolute Gasteiger partial charge is 0.225 e. The average Bonchev–Trinajstić information content (AvgIpc) is 2.15. The molecule has 0 spiro atoms. The summed E-state index contributed by atoms with van der Waals surface area (Å²) in [6.07, 6.45) is 0.593. The molecule has 0 aliphatic carbocycles. The predicted molar refractivity (Wildman–Crippen MR) is 49.1 cm³/mol. The summed E-state index contributed by atoms with van der Waals surface area (Å²) in [5.74, 6) is -0.727. The number of pyridine rings is 1. The molecule has 1 aromatic rings. The van der Waals surface area contributed by atoms with Crippen molar-refractivity contribution in [3.05, 3.63) is 24.1 Å². The molecule has 0 aromatic carbocycles. The normalized spacial score (nSPS) is 9.86. The Morgan fingerprint density at radius 3 is 3.00 bits per heavy atom. The van der Waals surface area contributed by atoms with Crippen LogP contribution in [0.15, 0.2) is 18.2 Å². The third kappa shape index (κ3) is 3.49. The Bertz CT molecular complexity index is 317. The molecule has 1 aromatic heterocycles. The van der Waals surface area contributed by atoms with Gasteiger partial charge in [0.15, 0.2) is 0 Å². The summed E-state index contributed by atoms with van der Waals surface area (Å²) in [5.41, 5.74) is 0. The molecule has 0 aliphatic rings. The maximum absolute atomic E-state index is 12.6. The van der Waals surface area contributed by atoms with Crippen molar-refractivity contribution in [2.45, 2.75) is 12.8 Å². The summed E-state index contributed by atoms with van der Waals surface area (Å²) in [6.45, 7) is -0.0377. The van der Waals surface area contributed by atoms with Gasteiger partial charge in [0.05, 0.1) is 0 Å². The summed E-state index contributed by atoms with van der Waals surface area (Å²) in [4.78, 5) is 14.6. The number of nitrogens with zero attached hydrogens (tertiary/aromatic N) is 1. The molecule has 1 heterocycles. The Kier molecular flexibility index (Phi) is 4.00. The Hall–Kier alpha value is -1.49. The number of amides is 1. The molecule has 4 nitrogen and oxygen atoms in total. The van der Waals surface area contributed by atoms with Gasteiger partial charge in [0.2, 0.25) is 11.9 Å². The predicted octanol–water partition coefficient (Wildman–Crippen LogP) is 0.932. The first-order chi connectivity index (χ1) is 6.72. The highest BCUT2D eigenvalue weighted by atomic mass is 19.1. The van der Waals surface area contributed by atoms with Crippen molar-refractivity contribution in [3.8, 4) is 0 Å². The maximum atomic E-state index is 12.6. The molecular formula is C9H11FN2O2. The fraction of sp³-hybridized carbons (Fsp3) is 0.333. The van der Waals surface area contributed by atoms with Crippen LogP contribution in [0.1, 0.15) is 12.8 Å². The zero-order valence-electron chi connectivity index (χ0n) is 7.53. The van der Waals surface area contributed by atoms with Crippen molar-refractivity contribution in [2.24, 2.45) is 0 Å². The molecule has 0 saturated carbocycles. The molecule has 14 heavy (non-hydrogen) atoms. The second-order valence-corrected chi connectivity index (χ2v) is 2.72. The van der Waals surface area contributed by atoms with Crippen LogP contribution in [0.3, 0.4) is 0 Å². The lowest BCUT2D eigenvalue weighted by atomic mass is 10.3. The summed E-state index contributed by atoms with van der Waals surface area (Å²) < 4.78 is 12.6. The molecule has 5 heteroatoms. The number of hydrogen-bond donors (Lipinski definition) is 2. The number of carbonyl (C=O) groups excluding carboxylic acids is 1. The molecule has 1 amide bonds. The van der Waals surface area contributed by atoms with Gasteiger partial charge in [-0.05, 0) is 18.6 Å². The van der Waals surface area contributed by atoms with E-state index in [0.717, 1.165) is 0 Å². The lowest BCUT2D eigenvalue weighted by molar-refractivity contribution is -0.116. The first-order valence-electron chi connectivity index (χ1n) is 4.25. The highest BCUT2D eigenvalue weighted by Gasteiger charge is 2.02. The standard InChI is InChI=1S/C9H11FN2O2/c10-7-3-1-4-8(11-7)12-9(14)5-2-6-13/h1,3-4,13H,2,5-6H2,(H,11,12,14). The molecule has 2 N–H and O–H groups in total. The number of aliphatic hydroxyl groups is 1. The summed E-state index contributed by atoms with van der Waals surface area (Å²) in [5, 5.41) is 10.9. The SMILES string of the molecule is O=C(CCCO)Nc1cccc(F)n1. The molecule has 0 aliphatic heterocycles. The molecule has 1 rings (SSSR count). The highest BCUT2D eigenvalue weighted by Crippen LogP contribution is 2.04. The topological polar surface area (TPSA) is 62.2 Å². The van der Waals surface area contributed by atoms with Crippen LogP contribution in [0, 0.1) is 5.95 Å². The number of halogens is 1. The van der Waals surface area contributed by atoms with E-state index in [9.17, 15) is 9.18 Å². The van der Waals surface area contributed by atoms with E-state index < -0.39 is 5.95 Å². The van der Waals surface area contributed by atoms with Gasteiger partial charge >= 0.3 is 0 Å². The summed E-state index contributed by atoms with van der Waals surface area (Å²) >= 11 is 0. The van der Waals surface area contributed by atoms with Crippen molar-refractivity contribution >= 4 is 11.7 Å². The van der Waals surface area contributed by atoms with Crippen LogP contribution in [0.5, 0.6) is 0 Å². The zero-order chi connectivity index (χ0) is 10.4. The molecular weight excluding hydrogens is 187 g/mol. The van der Waals surface area contributed by atoms with Crippen LogP contribution in [-0.2, 0) is 4.79 Å². The van der Waals surface area contributed by atoms with E-state index in [-0.39, 0.29) is 24.8 Å². The van der Waals surface area contributed by atoms with Gasteiger partial charge in [-0.3, -0.25) is 4.79 Å². The maximum Gasteiger partial charge on any atom is 0.225 e. The first-order valence-corrected chi connectivity index (χ1v) is 4.25. The molecule has 0 saturated heterocycles. The Balaban J connectivity index is 2.47. The van der Waals surface area contributed by atoms with Crippen LogP contribution in [0.4, 0.5) is 10.2 Å². The van der Waals surface area contributed by atoms with Gasteiger partial charge in [-0.25, -0.2) is 4.98 Å². The molecule has 0 atom stereocenters. The third-order valence-corrected chi connectivity index (χ3v) is 1.54. The second kappa shape index (κ2) is 5.29. The molecule has 76 valence electrons. The number of carbonyl (C=O) groups is 1. The van der Waals surface area contributed by atoms with Gasteiger partial charge in [-0.2, -0.15) is 4.39 Å². The minimum absolute atomic E-state index is 0.0377. The molecule has 0 fully saturated rings. The van der Waals surface area contributed by atoms with Crippen molar-refractivity contribution in [1.82, 2.24) is 4.98 Å².